The molecule has 1 amide bonds. The van der Waals surface area contributed by atoms with Crippen LogP contribution in [0.25, 0.3) is 0 Å². The van der Waals surface area contributed by atoms with E-state index in [0.29, 0.717) is 19.3 Å². The van der Waals surface area contributed by atoms with Crippen molar-refractivity contribution >= 4 is 27.8 Å². The number of aryl methyl sites for hydroxylation is 1. The monoisotopic (exact) mass is 357 g/mol. The fourth-order valence-corrected chi connectivity index (χ4v) is 2.52. The van der Waals surface area contributed by atoms with E-state index < -0.39 is 12.0 Å². The van der Waals surface area contributed by atoms with E-state index in [-0.39, 0.29) is 12.3 Å². The number of carbonyl (C=O) groups excluding carboxylic acids is 1. The summed E-state index contributed by atoms with van der Waals surface area (Å²) in [5, 5.41) is 11.5. The quantitative estimate of drug-likeness (QED) is 0.749. The number of benzene rings is 1. The van der Waals surface area contributed by atoms with Crippen LogP contribution in [-0.4, -0.2) is 30.1 Å². The number of hydrogen-bond donors (Lipinski definition) is 2. The minimum atomic E-state index is -0.989. The summed E-state index contributed by atoms with van der Waals surface area (Å²) in [4.78, 5) is 22.8. The highest BCUT2D eigenvalue weighted by Crippen LogP contribution is 2.25. The highest BCUT2D eigenvalue weighted by atomic mass is 79.9. The van der Waals surface area contributed by atoms with Crippen molar-refractivity contribution in [2.45, 2.75) is 38.6 Å². The summed E-state index contributed by atoms with van der Waals surface area (Å²) in [7, 11) is 1.59. The number of halogens is 1. The average molecular weight is 358 g/mol. The number of hydrogen-bond acceptors (Lipinski definition) is 3. The lowest BCUT2D eigenvalue weighted by Gasteiger charge is -2.13. The number of amides is 1. The molecule has 0 heterocycles. The average Bonchev–Trinajstić information content (AvgIpc) is 2.44. The third-order valence-electron chi connectivity index (χ3n) is 3.07. The first-order valence-electron chi connectivity index (χ1n) is 6.82. The van der Waals surface area contributed by atoms with Crippen LogP contribution in [-0.2, 0) is 16.0 Å². The molecule has 0 aliphatic carbocycles. The minimum absolute atomic E-state index is 0.247. The Kier molecular flexibility index (Phi) is 7.22. The molecule has 0 aliphatic heterocycles. The van der Waals surface area contributed by atoms with Crippen LogP contribution in [0.3, 0.4) is 0 Å². The van der Waals surface area contributed by atoms with Crippen molar-refractivity contribution in [1.29, 1.82) is 0 Å². The Morgan fingerprint density at radius 3 is 2.67 bits per heavy atom. The van der Waals surface area contributed by atoms with Gasteiger partial charge in [-0.2, -0.15) is 0 Å². The highest BCUT2D eigenvalue weighted by molar-refractivity contribution is 9.10. The lowest BCUT2D eigenvalue weighted by Crippen LogP contribution is -2.40. The zero-order valence-corrected chi connectivity index (χ0v) is 13.8. The van der Waals surface area contributed by atoms with Crippen LogP contribution >= 0.6 is 15.9 Å². The molecule has 1 aromatic rings. The molecule has 0 saturated heterocycles. The van der Waals surface area contributed by atoms with E-state index in [0.717, 1.165) is 15.8 Å². The third-order valence-corrected chi connectivity index (χ3v) is 3.69. The predicted molar refractivity (Wildman–Crippen MR) is 83.5 cm³/mol. The van der Waals surface area contributed by atoms with Crippen LogP contribution in [0.4, 0.5) is 0 Å². The van der Waals surface area contributed by atoms with Gasteiger partial charge in [-0.25, -0.2) is 4.79 Å². The predicted octanol–water partition coefficient (Wildman–Crippen LogP) is 2.76. The summed E-state index contributed by atoms with van der Waals surface area (Å²) in [5.41, 5.74) is 0.986. The van der Waals surface area contributed by atoms with Gasteiger partial charge in [0.2, 0.25) is 5.91 Å². The summed E-state index contributed by atoms with van der Waals surface area (Å²) >= 11 is 3.39. The third kappa shape index (κ3) is 5.75. The normalized spacial score (nSPS) is 11.8. The second-order valence-corrected chi connectivity index (χ2v) is 5.57. The largest absolute Gasteiger partial charge is 0.496 e. The lowest BCUT2D eigenvalue weighted by molar-refractivity contribution is -0.142. The van der Waals surface area contributed by atoms with Crippen molar-refractivity contribution in [3.63, 3.8) is 0 Å². The van der Waals surface area contributed by atoms with E-state index in [1.54, 1.807) is 7.11 Å². The van der Waals surface area contributed by atoms with Crippen molar-refractivity contribution in [1.82, 2.24) is 5.32 Å². The molecular weight excluding hydrogens is 338 g/mol. The van der Waals surface area contributed by atoms with Gasteiger partial charge >= 0.3 is 5.97 Å². The topological polar surface area (TPSA) is 75.6 Å². The maximum Gasteiger partial charge on any atom is 0.326 e. The summed E-state index contributed by atoms with van der Waals surface area (Å²) in [6.45, 7) is 1.89. The van der Waals surface area contributed by atoms with Crippen molar-refractivity contribution in [2.75, 3.05) is 7.11 Å². The minimum Gasteiger partial charge on any atom is -0.496 e. The number of carbonyl (C=O) groups is 2. The van der Waals surface area contributed by atoms with E-state index in [1.807, 2.05) is 25.1 Å². The van der Waals surface area contributed by atoms with Gasteiger partial charge in [0.1, 0.15) is 11.8 Å². The Labute approximate surface area is 132 Å². The number of carboxylic acid groups (broad SMARTS) is 1. The van der Waals surface area contributed by atoms with E-state index >= 15 is 0 Å². The molecule has 1 aromatic carbocycles. The first-order valence-corrected chi connectivity index (χ1v) is 7.61. The van der Waals surface area contributed by atoms with Crippen LogP contribution in [0.1, 0.15) is 31.7 Å². The van der Waals surface area contributed by atoms with E-state index in [2.05, 4.69) is 21.2 Å². The van der Waals surface area contributed by atoms with Crippen LogP contribution in [0.15, 0.2) is 22.7 Å². The molecular formula is C15H20BrNO4. The zero-order chi connectivity index (χ0) is 15.8. The molecule has 0 bridgehead atoms. The number of aliphatic carboxylic acids is 1. The van der Waals surface area contributed by atoms with Gasteiger partial charge in [0, 0.05) is 6.42 Å². The number of methoxy groups -OCH3 is 1. The van der Waals surface area contributed by atoms with Gasteiger partial charge in [-0.15, -0.1) is 0 Å². The molecule has 1 atom stereocenters. The van der Waals surface area contributed by atoms with Crippen molar-refractivity contribution in [3.8, 4) is 5.75 Å². The van der Waals surface area contributed by atoms with Crippen molar-refractivity contribution < 1.29 is 19.4 Å². The Bertz CT molecular complexity index is 504. The van der Waals surface area contributed by atoms with Gasteiger partial charge in [-0.1, -0.05) is 19.4 Å². The molecule has 0 spiro atoms. The molecule has 5 nitrogen and oxygen atoms in total. The molecule has 2 N–H and O–H groups in total. The number of rotatable bonds is 8. The highest BCUT2D eigenvalue weighted by Gasteiger charge is 2.18. The van der Waals surface area contributed by atoms with Gasteiger partial charge in [0.05, 0.1) is 11.6 Å². The van der Waals surface area contributed by atoms with Gasteiger partial charge in [-0.05, 0) is 46.5 Å². The van der Waals surface area contributed by atoms with Crippen LogP contribution < -0.4 is 10.1 Å². The number of nitrogens with one attached hydrogen (secondary N) is 1. The SMILES string of the molecule is CCCC(NC(=O)CCc1ccc(OC)c(Br)c1)C(=O)O. The number of carboxylic acids is 1. The van der Waals surface area contributed by atoms with E-state index in [4.69, 9.17) is 9.84 Å². The summed E-state index contributed by atoms with van der Waals surface area (Å²) in [6.07, 6.45) is 1.96. The molecule has 1 unspecified atom stereocenters. The molecule has 116 valence electrons. The summed E-state index contributed by atoms with van der Waals surface area (Å²) < 4.78 is 5.97. The molecule has 21 heavy (non-hydrogen) atoms. The fraction of sp³-hybridized carbons (Fsp3) is 0.467. The summed E-state index contributed by atoms with van der Waals surface area (Å²) in [6, 6.07) is 4.81. The first-order chi connectivity index (χ1) is 9.97. The second kappa shape index (κ2) is 8.67. The van der Waals surface area contributed by atoms with Gasteiger partial charge in [-0.3, -0.25) is 4.79 Å². The maximum atomic E-state index is 11.8. The van der Waals surface area contributed by atoms with Crippen LogP contribution in [0.5, 0.6) is 5.75 Å². The lowest BCUT2D eigenvalue weighted by atomic mass is 10.1. The molecule has 0 fully saturated rings. The molecule has 6 heteroatoms. The van der Waals surface area contributed by atoms with Crippen molar-refractivity contribution in [2.24, 2.45) is 0 Å². The Morgan fingerprint density at radius 2 is 2.14 bits per heavy atom. The molecule has 1 rings (SSSR count). The van der Waals surface area contributed by atoms with Gasteiger partial charge in [0.25, 0.3) is 0 Å². The Morgan fingerprint density at radius 1 is 1.43 bits per heavy atom. The van der Waals surface area contributed by atoms with Crippen LogP contribution in [0.2, 0.25) is 0 Å². The summed E-state index contributed by atoms with van der Waals surface area (Å²) in [5.74, 6) is -0.503. The van der Waals surface area contributed by atoms with Crippen LogP contribution in [0, 0.1) is 0 Å². The first kappa shape index (κ1) is 17.5. The fourth-order valence-electron chi connectivity index (χ4n) is 1.94. The molecule has 0 radical (unpaired) electrons. The van der Waals surface area contributed by atoms with Gasteiger partial charge < -0.3 is 15.2 Å². The second-order valence-electron chi connectivity index (χ2n) is 4.72. The Hall–Kier alpha value is -1.56. The molecule has 0 aliphatic rings. The molecule has 0 aromatic heterocycles. The zero-order valence-electron chi connectivity index (χ0n) is 12.2. The van der Waals surface area contributed by atoms with E-state index in [1.165, 1.54) is 0 Å². The van der Waals surface area contributed by atoms with Crippen molar-refractivity contribution in [3.05, 3.63) is 28.2 Å². The maximum absolute atomic E-state index is 11.8. The smallest absolute Gasteiger partial charge is 0.326 e. The number of ether oxygens (including phenoxy) is 1. The standard InChI is InChI=1S/C15H20BrNO4/c1-3-4-12(15(19)20)17-14(18)8-6-10-5-7-13(21-2)11(16)9-10/h5,7,9,12H,3-4,6,8H2,1-2H3,(H,17,18)(H,19,20). The molecule has 0 saturated carbocycles. The van der Waals surface area contributed by atoms with E-state index in [9.17, 15) is 9.59 Å². The Balaban J connectivity index is 2.52. The van der Waals surface area contributed by atoms with Gasteiger partial charge in [0.15, 0.2) is 0 Å².